The van der Waals surface area contributed by atoms with Gasteiger partial charge in [-0.15, -0.1) is 0 Å². The third-order valence-corrected chi connectivity index (χ3v) is 10.3. The molecule has 0 saturated carbocycles. The van der Waals surface area contributed by atoms with Gasteiger partial charge in [-0.2, -0.15) is 0 Å². The molecule has 3 nitrogen and oxygen atoms in total. The maximum absolute atomic E-state index is 10.6. The molecule has 1 N–H and O–H groups in total. The van der Waals surface area contributed by atoms with E-state index in [0.717, 1.165) is 5.57 Å². The van der Waals surface area contributed by atoms with E-state index >= 15 is 0 Å². The predicted octanol–water partition coefficient (Wildman–Crippen LogP) is 5.80. The van der Waals surface area contributed by atoms with Crippen LogP contribution < -0.4 is 0 Å². The predicted molar refractivity (Wildman–Crippen MR) is 117 cm³/mol. The summed E-state index contributed by atoms with van der Waals surface area (Å²) in [5, 5.41) is 10.8. The summed E-state index contributed by atoms with van der Waals surface area (Å²) in [5.41, 5.74) is 2.21. The Morgan fingerprint density at radius 1 is 1.11 bits per heavy atom. The van der Waals surface area contributed by atoms with Crippen molar-refractivity contribution in [3.8, 4) is 0 Å². The van der Waals surface area contributed by atoms with Gasteiger partial charge < -0.3 is 14.3 Å². The second kappa shape index (κ2) is 10.6. The van der Waals surface area contributed by atoms with Gasteiger partial charge in [0.25, 0.3) is 0 Å². The monoisotopic (exact) mass is 392 g/mol. The normalized spacial score (nSPS) is 16.0. The lowest BCUT2D eigenvalue weighted by molar-refractivity contribution is 0.0714. The molecule has 0 saturated heterocycles. The molecule has 0 unspecified atom stereocenters. The number of aliphatic hydroxyl groups is 1. The Morgan fingerprint density at radius 2 is 1.70 bits per heavy atom. The second-order valence-corrected chi connectivity index (χ2v) is 14.2. The molecule has 0 radical (unpaired) electrons. The van der Waals surface area contributed by atoms with E-state index in [-0.39, 0.29) is 16.9 Å². The van der Waals surface area contributed by atoms with Crippen molar-refractivity contribution in [2.75, 3.05) is 13.2 Å². The second-order valence-electron chi connectivity index (χ2n) is 9.38. The van der Waals surface area contributed by atoms with Crippen LogP contribution in [-0.2, 0) is 15.8 Å². The van der Waals surface area contributed by atoms with Gasteiger partial charge in [0.2, 0.25) is 0 Å². The fraction of sp³-hybridized carbons (Fsp3) is 0.652. The Morgan fingerprint density at radius 3 is 2.26 bits per heavy atom. The maximum atomic E-state index is 10.6. The van der Waals surface area contributed by atoms with E-state index in [1.165, 1.54) is 5.56 Å². The largest absolute Gasteiger partial charge is 0.416 e. The zero-order valence-corrected chi connectivity index (χ0v) is 19.4. The van der Waals surface area contributed by atoms with Crippen molar-refractivity contribution in [2.45, 2.75) is 71.9 Å². The number of ether oxygens (including phenoxy) is 1. The molecule has 3 atom stereocenters. The van der Waals surface area contributed by atoms with Crippen LogP contribution in [0.2, 0.25) is 18.1 Å². The first kappa shape index (κ1) is 24.1. The van der Waals surface area contributed by atoms with E-state index in [1.807, 2.05) is 18.2 Å². The molecule has 27 heavy (non-hydrogen) atoms. The topological polar surface area (TPSA) is 38.7 Å². The lowest BCUT2D eigenvalue weighted by atomic mass is 9.93. The first-order chi connectivity index (χ1) is 12.4. The van der Waals surface area contributed by atoms with Gasteiger partial charge in [0.1, 0.15) is 0 Å². The van der Waals surface area contributed by atoms with E-state index in [9.17, 15) is 5.11 Å². The zero-order valence-electron chi connectivity index (χ0n) is 18.4. The number of aliphatic hydroxyl groups excluding tert-OH is 1. The highest BCUT2D eigenvalue weighted by Crippen LogP contribution is 2.37. The molecule has 4 heteroatoms. The summed E-state index contributed by atoms with van der Waals surface area (Å²) in [4.78, 5) is 0. The summed E-state index contributed by atoms with van der Waals surface area (Å²) in [5.74, 6) is 0.310. The Bertz CT molecular complexity index is 563. The summed E-state index contributed by atoms with van der Waals surface area (Å²) in [6.07, 6.45) is 0.164. The van der Waals surface area contributed by atoms with Gasteiger partial charge in [0, 0.05) is 18.4 Å². The highest BCUT2D eigenvalue weighted by molar-refractivity contribution is 6.74. The van der Waals surface area contributed by atoms with Crippen LogP contribution in [0.15, 0.2) is 42.5 Å². The molecule has 0 amide bonds. The van der Waals surface area contributed by atoms with E-state index in [1.54, 1.807) is 0 Å². The first-order valence-electron chi connectivity index (χ1n) is 10.1. The molecule has 0 spiro atoms. The average molecular weight is 393 g/mol. The van der Waals surface area contributed by atoms with Crippen LogP contribution in [0.5, 0.6) is 0 Å². The maximum Gasteiger partial charge on any atom is 0.191 e. The standard InChI is InChI=1S/C23H40O3Si/c1-18(19(2)15-25-17-21-12-10-9-11-13-21)14-22(24)20(3)16-26-27(7,8)23(4,5)6/h9-13,19-20,22,24H,1,14-17H2,2-8H3/t19-,20-,22+/m1/s1. The van der Waals surface area contributed by atoms with Crippen LogP contribution in [0.4, 0.5) is 0 Å². The van der Waals surface area contributed by atoms with Gasteiger partial charge in [-0.1, -0.05) is 77.1 Å². The third-order valence-electron chi connectivity index (χ3n) is 5.82. The van der Waals surface area contributed by atoms with Gasteiger partial charge >= 0.3 is 0 Å². The zero-order chi connectivity index (χ0) is 20.7. The van der Waals surface area contributed by atoms with Crippen LogP contribution in [0, 0.1) is 11.8 Å². The van der Waals surface area contributed by atoms with Gasteiger partial charge in [0.15, 0.2) is 8.32 Å². The van der Waals surface area contributed by atoms with E-state index < -0.39 is 14.4 Å². The van der Waals surface area contributed by atoms with E-state index in [0.29, 0.717) is 26.2 Å². The molecule has 0 aliphatic rings. The molecule has 1 aromatic rings. The third kappa shape index (κ3) is 8.30. The van der Waals surface area contributed by atoms with Crippen LogP contribution in [0.25, 0.3) is 0 Å². The van der Waals surface area contributed by atoms with Crippen LogP contribution in [-0.4, -0.2) is 32.7 Å². The molecule has 1 rings (SSSR count). The minimum Gasteiger partial charge on any atom is -0.416 e. The fourth-order valence-corrected chi connectivity index (χ4v) is 3.50. The number of benzene rings is 1. The minimum atomic E-state index is -1.78. The van der Waals surface area contributed by atoms with Crippen molar-refractivity contribution >= 4 is 8.32 Å². The van der Waals surface area contributed by atoms with Crippen molar-refractivity contribution in [1.82, 2.24) is 0 Å². The average Bonchev–Trinajstić information content (AvgIpc) is 2.59. The van der Waals surface area contributed by atoms with Crippen molar-refractivity contribution in [3.05, 3.63) is 48.0 Å². The highest BCUT2D eigenvalue weighted by Gasteiger charge is 2.37. The summed E-state index contributed by atoms with van der Waals surface area (Å²) in [6.45, 7) is 21.4. The number of hydrogen-bond acceptors (Lipinski definition) is 3. The van der Waals surface area contributed by atoms with Gasteiger partial charge in [-0.3, -0.25) is 0 Å². The molecule has 0 bridgehead atoms. The van der Waals surface area contributed by atoms with Crippen molar-refractivity contribution in [3.63, 3.8) is 0 Å². The molecule has 0 aliphatic carbocycles. The number of rotatable bonds is 11. The Hall–Kier alpha value is -0.943. The summed E-state index contributed by atoms with van der Waals surface area (Å²) in [6, 6.07) is 10.2. The first-order valence-corrected chi connectivity index (χ1v) is 13.0. The van der Waals surface area contributed by atoms with Gasteiger partial charge in [-0.05, 0) is 30.1 Å². The lowest BCUT2D eigenvalue weighted by Gasteiger charge is -2.37. The van der Waals surface area contributed by atoms with E-state index in [4.69, 9.17) is 9.16 Å². The molecular weight excluding hydrogens is 352 g/mol. The van der Waals surface area contributed by atoms with Crippen molar-refractivity contribution in [1.29, 1.82) is 0 Å². The van der Waals surface area contributed by atoms with E-state index in [2.05, 4.69) is 66.4 Å². The minimum absolute atomic E-state index is 0.0910. The van der Waals surface area contributed by atoms with Crippen LogP contribution >= 0.6 is 0 Å². The summed E-state index contributed by atoms with van der Waals surface area (Å²) < 4.78 is 12.1. The fourth-order valence-electron chi connectivity index (χ4n) is 2.38. The lowest BCUT2D eigenvalue weighted by Crippen LogP contribution is -2.42. The van der Waals surface area contributed by atoms with Crippen LogP contribution in [0.1, 0.15) is 46.6 Å². The molecule has 0 fully saturated rings. The number of hydrogen-bond donors (Lipinski definition) is 1. The Balaban J connectivity index is 2.36. The summed E-state index contributed by atoms with van der Waals surface area (Å²) in [7, 11) is -1.78. The molecule has 154 valence electrons. The molecule has 0 aromatic heterocycles. The smallest absolute Gasteiger partial charge is 0.191 e. The molecule has 1 aromatic carbocycles. The van der Waals surface area contributed by atoms with Gasteiger partial charge in [-0.25, -0.2) is 0 Å². The molecular formula is C23H40O3Si. The Labute approximate surface area is 167 Å². The molecule has 0 aliphatic heterocycles. The van der Waals surface area contributed by atoms with Gasteiger partial charge in [0.05, 0.1) is 19.3 Å². The highest BCUT2D eigenvalue weighted by atomic mass is 28.4. The Kier molecular flexibility index (Phi) is 9.42. The van der Waals surface area contributed by atoms with Crippen molar-refractivity contribution in [2.24, 2.45) is 11.8 Å². The van der Waals surface area contributed by atoms with Crippen LogP contribution in [0.3, 0.4) is 0 Å². The van der Waals surface area contributed by atoms with Crippen molar-refractivity contribution < 1.29 is 14.3 Å². The summed E-state index contributed by atoms with van der Waals surface area (Å²) >= 11 is 0. The quantitative estimate of drug-likeness (QED) is 0.382. The SMILES string of the molecule is C=C(C[C@H](O)[C@H](C)CO[Si](C)(C)C(C)(C)C)[C@H](C)COCc1ccccc1. The molecule has 0 heterocycles.